The maximum atomic E-state index is 11.7. The third-order valence-electron chi connectivity index (χ3n) is 2.26. The fourth-order valence-corrected chi connectivity index (χ4v) is 1.47. The van der Waals surface area contributed by atoms with E-state index in [1.54, 1.807) is 19.1 Å². The predicted molar refractivity (Wildman–Crippen MR) is 63.5 cm³/mol. The van der Waals surface area contributed by atoms with Crippen LogP contribution >= 0.6 is 0 Å². The summed E-state index contributed by atoms with van der Waals surface area (Å²) < 4.78 is 0. The number of carbonyl (C=O) groups excluding carboxylic acids is 1. The molecule has 1 rings (SSSR count). The van der Waals surface area contributed by atoms with E-state index >= 15 is 0 Å². The van der Waals surface area contributed by atoms with Crippen molar-refractivity contribution < 1.29 is 9.90 Å². The topological polar surface area (TPSA) is 66.6 Å². The Morgan fingerprint density at radius 1 is 1.50 bits per heavy atom. The highest BCUT2D eigenvalue weighted by Crippen LogP contribution is 2.20. The van der Waals surface area contributed by atoms with Crippen molar-refractivity contribution in [2.24, 2.45) is 5.73 Å². The van der Waals surface area contributed by atoms with Gasteiger partial charge in [0.15, 0.2) is 5.78 Å². The van der Waals surface area contributed by atoms with Gasteiger partial charge in [-0.2, -0.15) is 0 Å². The normalized spacial score (nSPS) is 12.8. The molecular formula is C12H18N2O2. The fourth-order valence-electron chi connectivity index (χ4n) is 1.47. The van der Waals surface area contributed by atoms with Crippen molar-refractivity contribution in [1.29, 1.82) is 0 Å². The van der Waals surface area contributed by atoms with Crippen molar-refractivity contribution >= 4 is 5.78 Å². The molecule has 88 valence electrons. The van der Waals surface area contributed by atoms with E-state index in [0.29, 0.717) is 12.1 Å². The summed E-state index contributed by atoms with van der Waals surface area (Å²) in [7, 11) is 3.80. The summed E-state index contributed by atoms with van der Waals surface area (Å²) in [6.45, 7) is 2.24. The van der Waals surface area contributed by atoms with Crippen LogP contribution in [0.4, 0.5) is 0 Å². The highest BCUT2D eigenvalue weighted by atomic mass is 16.3. The van der Waals surface area contributed by atoms with Crippen LogP contribution in [0.2, 0.25) is 0 Å². The zero-order valence-electron chi connectivity index (χ0n) is 9.90. The summed E-state index contributed by atoms with van der Waals surface area (Å²) in [6, 6.07) is 4.31. The molecule has 4 nitrogen and oxygen atoms in total. The number of nitrogens with two attached hydrogens (primary N) is 1. The monoisotopic (exact) mass is 222 g/mol. The van der Waals surface area contributed by atoms with Crippen molar-refractivity contribution in [1.82, 2.24) is 4.90 Å². The minimum absolute atomic E-state index is 0.111. The second kappa shape index (κ2) is 5.09. The average Bonchev–Trinajstić information content (AvgIpc) is 2.19. The first-order valence-corrected chi connectivity index (χ1v) is 5.18. The summed E-state index contributed by atoms with van der Waals surface area (Å²) >= 11 is 0. The number of nitrogens with zero attached hydrogens (tertiary/aromatic N) is 1. The summed E-state index contributed by atoms with van der Waals surface area (Å²) in [5.41, 5.74) is 6.81. The molecule has 0 radical (unpaired) electrons. The van der Waals surface area contributed by atoms with Gasteiger partial charge in [0.1, 0.15) is 5.75 Å². The zero-order chi connectivity index (χ0) is 12.3. The first-order chi connectivity index (χ1) is 7.41. The van der Waals surface area contributed by atoms with E-state index in [9.17, 15) is 9.90 Å². The Labute approximate surface area is 95.7 Å². The van der Waals surface area contributed by atoms with Crippen molar-refractivity contribution in [3.8, 4) is 5.75 Å². The van der Waals surface area contributed by atoms with E-state index in [0.717, 1.165) is 5.56 Å². The van der Waals surface area contributed by atoms with E-state index in [1.807, 2.05) is 19.0 Å². The lowest BCUT2D eigenvalue weighted by Crippen LogP contribution is -2.26. The number of Topliss-reactive ketones (excluding diaryl/α,β-unsaturated/α-hetero) is 1. The van der Waals surface area contributed by atoms with Gasteiger partial charge in [0.2, 0.25) is 0 Å². The molecule has 0 amide bonds. The number of phenolic OH excluding ortho intramolecular Hbond substituents is 1. The van der Waals surface area contributed by atoms with Crippen molar-refractivity contribution in [2.75, 3.05) is 14.1 Å². The van der Waals surface area contributed by atoms with E-state index in [1.165, 1.54) is 6.07 Å². The second-order valence-electron chi connectivity index (χ2n) is 4.23. The smallest absolute Gasteiger partial charge is 0.179 e. The van der Waals surface area contributed by atoms with Crippen LogP contribution in [0.25, 0.3) is 0 Å². The lowest BCUT2D eigenvalue weighted by molar-refractivity contribution is 0.0968. The Hall–Kier alpha value is -1.39. The van der Waals surface area contributed by atoms with Gasteiger partial charge in [0.05, 0.1) is 6.04 Å². The van der Waals surface area contributed by atoms with E-state index < -0.39 is 6.04 Å². The van der Waals surface area contributed by atoms with E-state index in [-0.39, 0.29) is 11.5 Å². The molecule has 3 N–H and O–H groups in total. The van der Waals surface area contributed by atoms with Crippen LogP contribution in [0.3, 0.4) is 0 Å². The third-order valence-corrected chi connectivity index (χ3v) is 2.26. The number of carbonyl (C=O) groups is 1. The number of hydrogen-bond acceptors (Lipinski definition) is 4. The van der Waals surface area contributed by atoms with Crippen LogP contribution in [0.15, 0.2) is 18.2 Å². The molecule has 1 atom stereocenters. The van der Waals surface area contributed by atoms with Crippen molar-refractivity contribution in [3.63, 3.8) is 0 Å². The summed E-state index contributed by atoms with van der Waals surface area (Å²) in [4.78, 5) is 13.6. The van der Waals surface area contributed by atoms with Gasteiger partial charge >= 0.3 is 0 Å². The van der Waals surface area contributed by atoms with E-state index in [2.05, 4.69) is 0 Å². The lowest BCUT2D eigenvalue weighted by atomic mass is 10.0. The Morgan fingerprint density at radius 3 is 2.62 bits per heavy atom. The van der Waals surface area contributed by atoms with Gasteiger partial charge in [-0.15, -0.1) is 0 Å². The standard InChI is InChI=1S/C12H18N2O2/c1-8(13)12(16)9-4-5-11(15)10(6-9)7-14(2)3/h4-6,8,15H,7,13H2,1-3H3. The van der Waals surface area contributed by atoms with Crippen LogP contribution in [0.5, 0.6) is 5.75 Å². The molecule has 0 fully saturated rings. The number of phenols is 1. The van der Waals surface area contributed by atoms with Crippen LogP contribution < -0.4 is 5.73 Å². The molecule has 0 aromatic heterocycles. The summed E-state index contributed by atoms with van der Waals surface area (Å²) in [6.07, 6.45) is 0. The molecule has 0 aliphatic rings. The Kier molecular flexibility index (Phi) is 4.04. The molecule has 0 saturated carbocycles. The van der Waals surface area contributed by atoms with Gasteiger partial charge in [-0.25, -0.2) is 0 Å². The molecule has 0 heterocycles. The highest BCUT2D eigenvalue weighted by molar-refractivity contribution is 5.99. The fraction of sp³-hybridized carbons (Fsp3) is 0.417. The average molecular weight is 222 g/mol. The maximum absolute atomic E-state index is 11.7. The van der Waals surface area contributed by atoms with E-state index in [4.69, 9.17) is 5.73 Å². The van der Waals surface area contributed by atoms with Gasteiger partial charge in [0, 0.05) is 17.7 Å². The number of benzene rings is 1. The first kappa shape index (κ1) is 12.7. The lowest BCUT2D eigenvalue weighted by Gasteiger charge is -2.13. The maximum Gasteiger partial charge on any atom is 0.179 e. The van der Waals surface area contributed by atoms with Gasteiger partial charge < -0.3 is 15.7 Å². The van der Waals surface area contributed by atoms with Crippen molar-refractivity contribution in [3.05, 3.63) is 29.3 Å². The van der Waals surface area contributed by atoms with Crippen LogP contribution in [-0.4, -0.2) is 35.9 Å². The molecule has 1 unspecified atom stereocenters. The summed E-state index contributed by atoms with van der Waals surface area (Å²) in [5, 5.41) is 9.64. The molecule has 0 saturated heterocycles. The van der Waals surface area contributed by atoms with Crippen LogP contribution in [-0.2, 0) is 6.54 Å². The highest BCUT2D eigenvalue weighted by Gasteiger charge is 2.13. The first-order valence-electron chi connectivity index (χ1n) is 5.18. The quantitative estimate of drug-likeness (QED) is 0.745. The van der Waals surface area contributed by atoms with Gasteiger partial charge in [-0.1, -0.05) is 0 Å². The second-order valence-corrected chi connectivity index (χ2v) is 4.23. The molecule has 0 aliphatic heterocycles. The van der Waals surface area contributed by atoms with Crippen molar-refractivity contribution in [2.45, 2.75) is 19.5 Å². The number of ketones is 1. The molecular weight excluding hydrogens is 204 g/mol. The predicted octanol–water partition coefficient (Wildman–Crippen LogP) is 0.984. The van der Waals surface area contributed by atoms with Crippen LogP contribution in [0.1, 0.15) is 22.8 Å². The Balaban J connectivity index is 3.02. The number of hydrogen-bond donors (Lipinski definition) is 2. The Morgan fingerprint density at radius 2 is 2.12 bits per heavy atom. The molecule has 4 heteroatoms. The van der Waals surface area contributed by atoms with Gasteiger partial charge in [0.25, 0.3) is 0 Å². The minimum atomic E-state index is -0.517. The molecule has 1 aromatic rings. The third kappa shape index (κ3) is 3.05. The van der Waals surface area contributed by atoms with Gasteiger partial charge in [-0.05, 0) is 39.2 Å². The molecule has 0 aliphatic carbocycles. The van der Waals surface area contributed by atoms with Crippen LogP contribution in [0, 0.1) is 0 Å². The van der Waals surface area contributed by atoms with Gasteiger partial charge in [-0.3, -0.25) is 4.79 Å². The number of rotatable bonds is 4. The summed E-state index contributed by atoms with van der Waals surface area (Å²) in [5.74, 6) is 0.0925. The molecule has 0 spiro atoms. The molecule has 0 bridgehead atoms. The molecule has 1 aromatic carbocycles. The number of aromatic hydroxyl groups is 1. The minimum Gasteiger partial charge on any atom is -0.508 e. The SMILES string of the molecule is CC(N)C(=O)c1ccc(O)c(CN(C)C)c1. The largest absolute Gasteiger partial charge is 0.508 e. The zero-order valence-corrected chi connectivity index (χ0v) is 9.90. The molecule has 16 heavy (non-hydrogen) atoms. The Bertz CT molecular complexity index is 387.